The first kappa shape index (κ1) is 10.4. The first-order valence-corrected chi connectivity index (χ1v) is 5.66. The molecule has 0 spiro atoms. The van der Waals surface area contributed by atoms with E-state index in [2.05, 4.69) is 28.1 Å². The minimum absolute atomic E-state index is 0.0528. The standard InChI is InChI=1S/C13H11BrO/c1-9(8-15)10-6-7-13(14)12-5-3-2-4-11(10)12/h2-9H,1H3. The van der Waals surface area contributed by atoms with E-state index in [1.165, 1.54) is 0 Å². The third kappa shape index (κ3) is 1.82. The van der Waals surface area contributed by atoms with Crippen LogP contribution in [-0.2, 0) is 4.79 Å². The van der Waals surface area contributed by atoms with Gasteiger partial charge in [-0.25, -0.2) is 0 Å². The lowest BCUT2D eigenvalue weighted by molar-refractivity contribution is -0.108. The van der Waals surface area contributed by atoms with Crippen molar-refractivity contribution in [3.8, 4) is 0 Å². The quantitative estimate of drug-likeness (QED) is 0.751. The highest BCUT2D eigenvalue weighted by Crippen LogP contribution is 2.30. The molecule has 0 bridgehead atoms. The lowest BCUT2D eigenvalue weighted by atomic mass is 9.96. The monoisotopic (exact) mass is 262 g/mol. The number of carbonyl (C=O) groups excluding carboxylic acids is 1. The van der Waals surface area contributed by atoms with Crippen LogP contribution in [0, 0.1) is 0 Å². The molecule has 0 aliphatic rings. The van der Waals surface area contributed by atoms with Crippen LogP contribution in [0.25, 0.3) is 10.8 Å². The van der Waals surface area contributed by atoms with Crippen molar-refractivity contribution in [2.45, 2.75) is 12.8 Å². The average molecular weight is 263 g/mol. The van der Waals surface area contributed by atoms with Gasteiger partial charge in [0.15, 0.2) is 0 Å². The molecule has 2 aromatic carbocycles. The highest BCUT2D eigenvalue weighted by atomic mass is 79.9. The average Bonchev–Trinajstić information content (AvgIpc) is 2.29. The normalized spacial score (nSPS) is 12.7. The predicted octanol–water partition coefficient (Wildman–Crippen LogP) is 3.90. The number of hydrogen-bond acceptors (Lipinski definition) is 1. The Labute approximate surface area is 97.2 Å². The highest BCUT2D eigenvalue weighted by molar-refractivity contribution is 9.10. The summed E-state index contributed by atoms with van der Waals surface area (Å²) in [7, 11) is 0. The number of carbonyl (C=O) groups is 1. The predicted molar refractivity (Wildman–Crippen MR) is 66.1 cm³/mol. The van der Waals surface area contributed by atoms with Gasteiger partial charge in [0, 0.05) is 10.4 Å². The van der Waals surface area contributed by atoms with E-state index < -0.39 is 0 Å². The van der Waals surface area contributed by atoms with Crippen molar-refractivity contribution in [2.75, 3.05) is 0 Å². The van der Waals surface area contributed by atoms with Crippen LogP contribution in [0.15, 0.2) is 40.9 Å². The lowest BCUT2D eigenvalue weighted by Gasteiger charge is -2.10. The molecule has 0 N–H and O–H groups in total. The van der Waals surface area contributed by atoms with Gasteiger partial charge in [-0.1, -0.05) is 53.2 Å². The zero-order valence-electron chi connectivity index (χ0n) is 8.41. The van der Waals surface area contributed by atoms with Crippen LogP contribution >= 0.6 is 15.9 Å². The maximum absolute atomic E-state index is 10.8. The van der Waals surface area contributed by atoms with Crippen LogP contribution in [0.5, 0.6) is 0 Å². The number of aldehydes is 1. The van der Waals surface area contributed by atoms with Gasteiger partial charge in [-0.05, 0) is 22.4 Å². The van der Waals surface area contributed by atoms with Gasteiger partial charge in [0.1, 0.15) is 6.29 Å². The van der Waals surface area contributed by atoms with Crippen molar-refractivity contribution < 1.29 is 4.79 Å². The van der Waals surface area contributed by atoms with E-state index in [1.807, 2.05) is 31.2 Å². The summed E-state index contributed by atoms with van der Waals surface area (Å²) in [5.41, 5.74) is 1.09. The van der Waals surface area contributed by atoms with E-state index in [1.54, 1.807) is 0 Å². The topological polar surface area (TPSA) is 17.1 Å². The lowest BCUT2D eigenvalue weighted by Crippen LogP contribution is -1.95. The smallest absolute Gasteiger partial charge is 0.127 e. The van der Waals surface area contributed by atoms with Crippen LogP contribution in [-0.4, -0.2) is 6.29 Å². The van der Waals surface area contributed by atoms with Gasteiger partial charge in [-0.2, -0.15) is 0 Å². The molecule has 0 aromatic heterocycles. The third-order valence-electron chi connectivity index (χ3n) is 2.60. The summed E-state index contributed by atoms with van der Waals surface area (Å²) in [4.78, 5) is 10.8. The summed E-state index contributed by atoms with van der Waals surface area (Å²) in [6, 6.07) is 12.1. The van der Waals surface area contributed by atoms with Gasteiger partial charge in [0.25, 0.3) is 0 Å². The summed E-state index contributed by atoms with van der Waals surface area (Å²) in [6.07, 6.45) is 0.982. The molecule has 1 atom stereocenters. The SMILES string of the molecule is CC(C=O)c1ccc(Br)c2ccccc12. The minimum atomic E-state index is -0.0528. The van der Waals surface area contributed by atoms with Crippen LogP contribution in [0.4, 0.5) is 0 Å². The first-order chi connectivity index (χ1) is 7.24. The molecule has 15 heavy (non-hydrogen) atoms. The van der Waals surface area contributed by atoms with Crippen LogP contribution in [0.1, 0.15) is 18.4 Å². The Kier molecular flexibility index (Phi) is 2.87. The summed E-state index contributed by atoms with van der Waals surface area (Å²) in [5, 5.41) is 2.30. The molecule has 76 valence electrons. The van der Waals surface area contributed by atoms with Crippen molar-refractivity contribution >= 4 is 33.0 Å². The van der Waals surface area contributed by atoms with Crippen molar-refractivity contribution in [2.24, 2.45) is 0 Å². The van der Waals surface area contributed by atoms with E-state index in [4.69, 9.17) is 0 Å². The maximum Gasteiger partial charge on any atom is 0.127 e. The van der Waals surface area contributed by atoms with Gasteiger partial charge in [-0.15, -0.1) is 0 Å². The number of benzene rings is 2. The molecule has 0 radical (unpaired) electrons. The fraction of sp³-hybridized carbons (Fsp3) is 0.154. The van der Waals surface area contributed by atoms with Crippen LogP contribution in [0.2, 0.25) is 0 Å². The number of rotatable bonds is 2. The van der Waals surface area contributed by atoms with E-state index in [9.17, 15) is 4.79 Å². The molecule has 0 amide bonds. The minimum Gasteiger partial charge on any atom is -0.303 e. The number of halogens is 1. The highest BCUT2D eigenvalue weighted by Gasteiger charge is 2.09. The fourth-order valence-corrected chi connectivity index (χ4v) is 2.23. The van der Waals surface area contributed by atoms with Crippen molar-refractivity contribution in [1.29, 1.82) is 0 Å². The Hall–Kier alpha value is -1.15. The molecule has 0 fully saturated rings. The molecule has 0 aliphatic heterocycles. The van der Waals surface area contributed by atoms with Gasteiger partial charge < -0.3 is 4.79 Å². The fourth-order valence-electron chi connectivity index (χ4n) is 1.76. The molecule has 1 nitrogen and oxygen atoms in total. The maximum atomic E-state index is 10.8. The summed E-state index contributed by atoms with van der Waals surface area (Å²) in [6.45, 7) is 1.92. The zero-order chi connectivity index (χ0) is 10.8. The Morgan fingerprint density at radius 2 is 1.80 bits per heavy atom. The van der Waals surface area contributed by atoms with Crippen LogP contribution < -0.4 is 0 Å². The van der Waals surface area contributed by atoms with Crippen molar-refractivity contribution in [1.82, 2.24) is 0 Å². The van der Waals surface area contributed by atoms with E-state index in [0.717, 1.165) is 27.1 Å². The molecule has 0 saturated heterocycles. The molecule has 0 saturated carbocycles. The summed E-state index contributed by atoms with van der Waals surface area (Å²) in [5.74, 6) is -0.0528. The Balaban J connectivity index is 2.77. The molecule has 2 rings (SSSR count). The molecule has 1 unspecified atom stereocenters. The molecule has 0 heterocycles. The molecule has 2 heteroatoms. The van der Waals surface area contributed by atoms with Gasteiger partial charge in [0.05, 0.1) is 0 Å². The first-order valence-electron chi connectivity index (χ1n) is 4.86. The van der Waals surface area contributed by atoms with E-state index in [-0.39, 0.29) is 5.92 Å². The molecule has 2 aromatic rings. The second-order valence-electron chi connectivity index (χ2n) is 3.61. The van der Waals surface area contributed by atoms with Gasteiger partial charge in [0.2, 0.25) is 0 Å². The molecular weight excluding hydrogens is 252 g/mol. The van der Waals surface area contributed by atoms with E-state index >= 15 is 0 Å². The van der Waals surface area contributed by atoms with E-state index in [0.29, 0.717) is 0 Å². The Morgan fingerprint density at radius 1 is 1.13 bits per heavy atom. The van der Waals surface area contributed by atoms with Gasteiger partial charge in [-0.3, -0.25) is 0 Å². The van der Waals surface area contributed by atoms with Crippen molar-refractivity contribution in [3.05, 3.63) is 46.4 Å². The molecular formula is C13H11BrO. The Morgan fingerprint density at radius 3 is 2.47 bits per heavy atom. The van der Waals surface area contributed by atoms with Gasteiger partial charge >= 0.3 is 0 Å². The second kappa shape index (κ2) is 4.15. The van der Waals surface area contributed by atoms with Crippen LogP contribution in [0.3, 0.4) is 0 Å². The summed E-state index contributed by atoms with van der Waals surface area (Å²) < 4.78 is 1.07. The van der Waals surface area contributed by atoms with Crippen molar-refractivity contribution in [3.63, 3.8) is 0 Å². The Bertz CT molecular complexity index is 505. The molecule has 0 aliphatic carbocycles. The largest absolute Gasteiger partial charge is 0.303 e. The second-order valence-corrected chi connectivity index (χ2v) is 4.46. The number of fused-ring (bicyclic) bond motifs is 1. The zero-order valence-corrected chi connectivity index (χ0v) is 9.99. The number of hydrogen-bond donors (Lipinski definition) is 0. The summed E-state index contributed by atoms with van der Waals surface area (Å²) >= 11 is 3.51. The third-order valence-corrected chi connectivity index (χ3v) is 3.29.